The fourth-order valence-corrected chi connectivity index (χ4v) is 2.88. The molecule has 3 aromatic rings. The van der Waals surface area contributed by atoms with Gasteiger partial charge < -0.3 is 14.3 Å². The molecule has 0 radical (unpaired) electrons. The molecule has 1 amide bonds. The van der Waals surface area contributed by atoms with Crippen molar-refractivity contribution in [2.75, 3.05) is 5.32 Å². The number of thioether (sulfide) groups is 1. The van der Waals surface area contributed by atoms with Gasteiger partial charge in [-0.3, -0.25) is 4.79 Å². The molecule has 6 nitrogen and oxygen atoms in total. The van der Waals surface area contributed by atoms with Crippen LogP contribution in [0.25, 0.3) is 0 Å². The minimum absolute atomic E-state index is 0.200. The molecule has 0 fully saturated rings. The molecule has 0 bridgehead atoms. The fraction of sp³-hybridized carbons (Fsp3) is 0.188. The van der Waals surface area contributed by atoms with Crippen LogP contribution in [0, 0.1) is 11.6 Å². The summed E-state index contributed by atoms with van der Waals surface area (Å²) in [5.41, 5.74) is -0.200. The molecule has 130 valence electrons. The summed E-state index contributed by atoms with van der Waals surface area (Å²) in [5, 5.41) is 10.1. The summed E-state index contributed by atoms with van der Waals surface area (Å²) in [6.45, 7) is 2.07. The summed E-state index contributed by atoms with van der Waals surface area (Å²) < 4.78 is 33.8. The van der Waals surface area contributed by atoms with Crippen LogP contribution in [0.2, 0.25) is 0 Å². The van der Waals surface area contributed by atoms with Crippen molar-refractivity contribution in [1.29, 1.82) is 0 Å². The number of benzene rings is 1. The molecule has 1 atom stereocenters. The maximum Gasteiger partial charge on any atom is 0.237 e. The van der Waals surface area contributed by atoms with Gasteiger partial charge in [0.25, 0.3) is 0 Å². The Morgan fingerprint density at radius 2 is 2.24 bits per heavy atom. The average Bonchev–Trinajstić information content (AvgIpc) is 3.24. The normalized spacial score (nSPS) is 12.1. The third kappa shape index (κ3) is 4.24. The number of aromatic nitrogens is 3. The van der Waals surface area contributed by atoms with Crippen LogP contribution in [0.1, 0.15) is 12.7 Å². The Bertz CT molecular complexity index is 867. The Morgan fingerprint density at radius 1 is 1.40 bits per heavy atom. The SMILES string of the molecule is CC(Sc1nncn1Cc1ccco1)C(=O)Nc1cc(F)ccc1F. The number of carbonyl (C=O) groups is 1. The van der Waals surface area contributed by atoms with E-state index < -0.39 is 22.8 Å². The predicted octanol–water partition coefficient (Wildman–Crippen LogP) is 3.32. The van der Waals surface area contributed by atoms with Crippen LogP contribution in [0.5, 0.6) is 0 Å². The second-order valence-electron chi connectivity index (χ2n) is 5.19. The van der Waals surface area contributed by atoms with Crippen LogP contribution in [-0.4, -0.2) is 25.9 Å². The molecule has 0 spiro atoms. The number of nitrogens with one attached hydrogen (secondary N) is 1. The van der Waals surface area contributed by atoms with E-state index in [4.69, 9.17) is 4.42 Å². The second kappa shape index (κ2) is 7.47. The first-order chi connectivity index (χ1) is 12.0. The molecule has 0 aliphatic rings. The lowest BCUT2D eigenvalue weighted by Gasteiger charge is -2.12. The van der Waals surface area contributed by atoms with Gasteiger partial charge in [-0.15, -0.1) is 10.2 Å². The highest BCUT2D eigenvalue weighted by Crippen LogP contribution is 2.24. The van der Waals surface area contributed by atoms with E-state index in [0.717, 1.165) is 35.7 Å². The first kappa shape index (κ1) is 17.2. The van der Waals surface area contributed by atoms with Gasteiger partial charge in [0, 0.05) is 6.07 Å². The standard InChI is InChI=1S/C16H14F2N4O2S/c1-10(15(23)20-14-7-11(17)4-5-13(14)18)25-16-21-19-9-22(16)8-12-3-2-6-24-12/h2-7,9-10H,8H2,1H3,(H,20,23). The maximum absolute atomic E-state index is 13.6. The predicted molar refractivity (Wildman–Crippen MR) is 88.1 cm³/mol. The van der Waals surface area contributed by atoms with Crippen molar-refractivity contribution in [2.45, 2.75) is 23.9 Å². The summed E-state index contributed by atoms with van der Waals surface area (Å²) >= 11 is 1.16. The quantitative estimate of drug-likeness (QED) is 0.680. The summed E-state index contributed by atoms with van der Waals surface area (Å²) in [4.78, 5) is 12.2. The lowest BCUT2D eigenvalue weighted by Crippen LogP contribution is -2.23. The Morgan fingerprint density at radius 3 is 3.00 bits per heavy atom. The number of nitrogens with zero attached hydrogens (tertiary/aromatic N) is 3. The number of hydrogen-bond acceptors (Lipinski definition) is 5. The maximum atomic E-state index is 13.6. The zero-order valence-corrected chi connectivity index (χ0v) is 14.0. The molecule has 1 N–H and O–H groups in total. The number of anilines is 1. The van der Waals surface area contributed by atoms with E-state index in [0.29, 0.717) is 11.7 Å². The van der Waals surface area contributed by atoms with E-state index in [9.17, 15) is 13.6 Å². The highest BCUT2D eigenvalue weighted by atomic mass is 32.2. The van der Waals surface area contributed by atoms with Crippen molar-refractivity contribution < 1.29 is 18.0 Å². The number of amides is 1. The van der Waals surface area contributed by atoms with Crippen molar-refractivity contribution in [3.8, 4) is 0 Å². The van der Waals surface area contributed by atoms with E-state index in [1.807, 2.05) is 6.07 Å². The van der Waals surface area contributed by atoms with E-state index in [1.165, 1.54) is 6.33 Å². The minimum Gasteiger partial charge on any atom is -0.467 e. The molecule has 25 heavy (non-hydrogen) atoms. The smallest absolute Gasteiger partial charge is 0.237 e. The summed E-state index contributed by atoms with van der Waals surface area (Å²) in [6.07, 6.45) is 3.10. The van der Waals surface area contributed by atoms with Gasteiger partial charge in [-0.1, -0.05) is 11.8 Å². The van der Waals surface area contributed by atoms with Crippen molar-refractivity contribution in [2.24, 2.45) is 0 Å². The molecule has 2 aromatic heterocycles. The Kier molecular flexibility index (Phi) is 5.13. The number of hydrogen-bond donors (Lipinski definition) is 1. The van der Waals surface area contributed by atoms with Gasteiger partial charge in [0.2, 0.25) is 5.91 Å². The Labute approximate surface area is 146 Å². The van der Waals surface area contributed by atoms with E-state index in [-0.39, 0.29) is 5.69 Å². The van der Waals surface area contributed by atoms with Gasteiger partial charge in [-0.05, 0) is 31.2 Å². The number of halogens is 2. The minimum atomic E-state index is -0.701. The van der Waals surface area contributed by atoms with Gasteiger partial charge in [-0.2, -0.15) is 0 Å². The van der Waals surface area contributed by atoms with Crippen LogP contribution in [0.4, 0.5) is 14.5 Å². The first-order valence-corrected chi connectivity index (χ1v) is 8.23. The van der Waals surface area contributed by atoms with Crippen LogP contribution in [-0.2, 0) is 11.3 Å². The highest BCUT2D eigenvalue weighted by Gasteiger charge is 2.19. The molecular formula is C16H14F2N4O2S. The molecule has 9 heteroatoms. The van der Waals surface area contributed by atoms with E-state index >= 15 is 0 Å². The molecule has 1 unspecified atom stereocenters. The van der Waals surface area contributed by atoms with Gasteiger partial charge >= 0.3 is 0 Å². The molecule has 1 aromatic carbocycles. The third-order valence-corrected chi connectivity index (χ3v) is 4.42. The summed E-state index contributed by atoms with van der Waals surface area (Å²) in [5.74, 6) is -1.08. The van der Waals surface area contributed by atoms with E-state index in [2.05, 4.69) is 15.5 Å². The van der Waals surface area contributed by atoms with Crippen LogP contribution in [0.15, 0.2) is 52.5 Å². The van der Waals surface area contributed by atoms with Gasteiger partial charge in [-0.25, -0.2) is 8.78 Å². The molecule has 2 heterocycles. The first-order valence-electron chi connectivity index (χ1n) is 7.35. The second-order valence-corrected chi connectivity index (χ2v) is 6.50. The Balaban J connectivity index is 1.66. The summed E-state index contributed by atoms with van der Waals surface area (Å²) in [6, 6.07) is 6.47. The number of carbonyl (C=O) groups excluding carboxylic acids is 1. The van der Waals surface area contributed by atoms with Gasteiger partial charge in [0.1, 0.15) is 23.7 Å². The molecule has 0 saturated carbocycles. The zero-order valence-electron chi connectivity index (χ0n) is 13.1. The average molecular weight is 364 g/mol. The molecule has 3 rings (SSSR count). The van der Waals surface area contributed by atoms with Crippen molar-refractivity contribution in [3.05, 3.63) is 60.3 Å². The van der Waals surface area contributed by atoms with Crippen LogP contribution in [0.3, 0.4) is 0 Å². The number of furan rings is 1. The fourth-order valence-electron chi connectivity index (χ4n) is 2.05. The third-order valence-electron chi connectivity index (χ3n) is 3.32. The molecule has 0 aliphatic heterocycles. The number of rotatable bonds is 6. The lowest BCUT2D eigenvalue weighted by atomic mass is 10.3. The van der Waals surface area contributed by atoms with Crippen molar-refractivity contribution >= 4 is 23.4 Å². The summed E-state index contributed by atoms with van der Waals surface area (Å²) in [7, 11) is 0. The molecule has 0 saturated heterocycles. The van der Waals surface area contributed by atoms with Crippen molar-refractivity contribution in [3.63, 3.8) is 0 Å². The topological polar surface area (TPSA) is 73.0 Å². The monoisotopic (exact) mass is 364 g/mol. The molecular weight excluding hydrogens is 350 g/mol. The van der Waals surface area contributed by atoms with E-state index in [1.54, 1.807) is 23.8 Å². The highest BCUT2D eigenvalue weighted by molar-refractivity contribution is 8.00. The largest absolute Gasteiger partial charge is 0.467 e. The lowest BCUT2D eigenvalue weighted by molar-refractivity contribution is -0.115. The van der Waals surface area contributed by atoms with Crippen LogP contribution < -0.4 is 5.32 Å². The van der Waals surface area contributed by atoms with Crippen LogP contribution >= 0.6 is 11.8 Å². The Hall–Kier alpha value is -2.68. The zero-order chi connectivity index (χ0) is 17.8. The van der Waals surface area contributed by atoms with Gasteiger partial charge in [0.15, 0.2) is 5.16 Å². The van der Waals surface area contributed by atoms with Crippen molar-refractivity contribution in [1.82, 2.24) is 14.8 Å². The molecule has 0 aliphatic carbocycles. The van der Waals surface area contributed by atoms with Gasteiger partial charge in [0.05, 0.1) is 23.7 Å².